The second kappa shape index (κ2) is 4.99. The first-order valence-corrected chi connectivity index (χ1v) is 7.36. The molecule has 0 atom stereocenters. The van der Waals surface area contributed by atoms with Gasteiger partial charge in [-0.15, -0.1) is 0 Å². The highest BCUT2D eigenvalue weighted by atomic mass is 16.5. The van der Waals surface area contributed by atoms with Gasteiger partial charge in [-0.05, 0) is 43.4 Å². The van der Waals surface area contributed by atoms with Crippen molar-refractivity contribution in [1.82, 2.24) is 0 Å². The Morgan fingerprint density at radius 2 is 1.81 bits per heavy atom. The lowest BCUT2D eigenvalue weighted by atomic mass is 9.80. The van der Waals surface area contributed by atoms with Crippen molar-refractivity contribution >= 4 is 22.9 Å². The molecule has 3 heteroatoms. The number of hydrogen-bond donors (Lipinski definition) is 0. The fraction of sp³-hybridized carbons (Fsp3) is 0.333. The zero-order valence-electron chi connectivity index (χ0n) is 12.6. The summed E-state index contributed by atoms with van der Waals surface area (Å²) in [6, 6.07) is 4.02. The number of carbonyl (C=O) groups excluding carboxylic acids is 2. The summed E-state index contributed by atoms with van der Waals surface area (Å²) >= 11 is 0. The molecule has 1 aromatic carbocycles. The van der Waals surface area contributed by atoms with Crippen molar-refractivity contribution in [2.45, 2.75) is 40.0 Å². The van der Waals surface area contributed by atoms with E-state index in [1.807, 2.05) is 19.1 Å². The third-order valence-corrected chi connectivity index (χ3v) is 4.21. The zero-order valence-corrected chi connectivity index (χ0v) is 12.6. The van der Waals surface area contributed by atoms with E-state index in [2.05, 4.69) is 6.92 Å². The minimum Gasteiger partial charge on any atom is -0.464 e. The predicted octanol–water partition coefficient (Wildman–Crippen LogP) is 3.92. The summed E-state index contributed by atoms with van der Waals surface area (Å²) in [5.74, 6) is -0.286. The molecule has 3 nitrogen and oxygen atoms in total. The van der Waals surface area contributed by atoms with Crippen LogP contribution in [0.25, 0.3) is 11.3 Å². The van der Waals surface area contributed by atoms with E-state index >= 15 is 0 Å². The highest BCUT2D eigenvalue weighted by Crippen LogP contribution is 2.41. The number of carbonyl (C=O) groups is 2. The number of ketones is 2. The van der Waals surface area contributed by atoms with Crippen LogP contribution in [0, 0.1) is 0 Å². The van der Waals surface area contributed by atoms with E-state index in [1.165, 1.54) is 0 Å². The first kappa shape index (κ1) is 13.8. The van der Waals surface area contributed by atoms with Gasteiger partial charge in [0.05, 0.1) is 6.26 Å². The first-order valence-electron chi connectivity index (χ1n) is 7.36. The van der Waals surface area contributed by atoms with E-state index in [4.69, 9.17) is 4.74 Å². The summed E-state index contributed by atoms with van der Waals surface area (Å²) in [7, 11) is 0. The second-order valence-corrected chi connectivity index (χ2v) is 5.66. The summed E-state index contributed by atoms with van der Waals surface area (Å²) in [5.41, 5.74) is 4.70. The van der Waals surface area contributed by atoms with Crippen molar-refractivity contribution in [3.05, 3.63) is 46.2 Å². The highest BCUT2D eigenvalue weighted by Gasteiger charge is 2.36. The monoisotopic (exact) mass is 282 g/mol. The SMILES string of the molecule is CCCCc1ccc2c3c1C(=O)C(=O)C(C)=C3OC=C2C. The first-order chi connectivity index (χ1) is 10.1. The zero-order chi connectivity index (χ0) is 15.1. The van der Waals surface area contributed by atoms with E-state index in [0.29, 0.717) is 16.9 Å². The van der Waals surface area contributed by atoms with Crippen LogP contribution in [0.15, 0.2) is 24.0 Å². The van der Waals surface area contributed by atoms with E-state index in [9.17, 15) is 9.59 Å². The summed E-state index contributed by atoms with van der Waals surface area (Å²) < 4.78 is 5.63. The largest absolute Gasteiger partial charge is 0.464 e. The van der Waals surface area contributed by atoms with Crippen molar-refractivity contribution in [2.75, 3.05) is 0 Å². The van der Waals surface area contributed by atoms with Gasteiger partial charge in [-0.1, -0.05) is 25.5 Å². The van der Waals surface area contributed by atoms with Crippen molar-refractivity contribution in [1.29, 1.82) is 0 Å². The van der Waals surface area contributed by atoms with Gasteiger partial charge >= 0.3 is 0 Å². The molecule has 1 aromatic rings. The number of unbranched alkanes of at least 4 members (excludes halogenated alkanes) is 1. The summed E-state index contributed by atoms with van der Waals surface area (Å²) in [6.07, 6.45) is 4.52. The molecule has 0 amide bonds. The normalized spacial score (nSPS) is 16.6. The number of Topliss-reactive ketones (excluding diaryl/α,β-unsaturated/α-hetero) is 2. The molecule has 21 heavy (non-hydrogen) atoms. The Labute approximate surface area is 124 Å². The Bertz CT molecular complexity index is 720. The van der Waals surface area contributed by atoms with Gasteiger partial charge in [0.25, 0.3) is 0 Å². The minimum atomic E-state index is -0.444. The molecule has 2 aliphatic rings. The molecule has 0 N–H and O–H groups in total. The van der Waals surface area contributed by atoms with E-state index < -0.39 is 11.6 Å². The Morgan fingerprint density at radius 1 is 1.05 bits per heavy atom. The maximum atomic E-state index is 12.5. The molecule has 1 heterocycles. The van der Waals surface area contributed by atoms with Gasteiger partial charge in [-0.2, -0.15) is 0 Å². The molecule has 0 saturated carbocycles. The van der Waals surface area contributed by atoms with Gasteiger partial charge in [0.15, 0.2) is 0 Å². The molecule has 1 aliphatic carbocycles. The van der Waals surface area contributed by atoms with Crippen LogP contribution >= 0.6 is 0 Å². The number of rotatable bonds is 3. The topological polar surface area (TPSA) is 43.4 Å². The third-order valence-electron chi connectivity index (χ3n) is 4.21. The maximum Gasteiger partial charge on any atom is 0.234 e. The molecular weight excluding hydrogens is 264 g/mol. The molecule has 108 valence electrons. The van der Waals surface area contributed by atoms with Gasteiger partial charge in [-0.25, -0.2) is 0 Å². The Kier molecular flexibility index (Phi) is 3.28. The summed E-state index contributed by atoms with van der Waals surface area (Å²) in [4.78, 5) is 24.7. The minimum absolute atomic E-state index is 0.391. The third kappa shape index (κ3) is 1.96. The summed E-state index contributed by atoms with van der Waals surface area (Å²) in [5, 5.41) is 0. The van der Waals surface area contributed by atoms with Gasteiger partial charge in [0.2, 0.25) is 11.6 Å². The fourth-order valence-electron chi connectivity index (χ4n) is 2.98. The van der Waals surface area contributed by atoms with Crippen LogP contribution in [0.4, 0.5) is 0 Å². The number of aryl methyl sites for hydroxylation is 1. The highest BCUT2D eigenvalue weighted by molar-refractivity contribution is 6.52. The van der Waals surface area contributed by atoms with Crippen LogP contribution in [0.1, 0.15) is 60.7 Å². The Balaban J connectivity index is 2.30. The molecule has 0 fully saturated rings. The summed E-state index contributed by atoms with van der Waals surface area (Å²) in [6.45, 7) is 5.73. The van der Waals surface area contributed by atoms with Crippen LogP contribution in [0.3, 0.4) is 0 Å². The van der Waals surface area contributed by atoms with Crippen molar-refractivity contribution in [2.24, 2.45) is 0 Å². The molecule has 0 aromatic heterocycles. The molecule has 0 spiro atoms. The quantitative estimate of drug-likeness (QED) is 0.789. The molecule has 3 rings (SSSR count). The second-order valence-electron chi connectivity index (χ2n) is 5.66. The lowest BCUT2D eigenvalue weighted by Gasteiger charge is -2.27. The van der Waals surface area contributed by atoms with E-state index in [1.54, 1.807) is 13.2 Å². The Hall–Kier alpha value is -2.16. The average Bonchev–Trinajstić information content (AvgIpc) is 2.49. The molecule has 0 unspecified atom stereocenters. The van der Waals surface area contributed by atoms with Crippen LogP contribution in [-0.4, -0.2) is 11.6 Å². The van der Waals surface area contributed by atoms with Crippen LogP contribution in [0.5, 0.6) is 0 Å². The van der Waals surface area contributed by atoms with Crippen LogP contribution in [0.2, 0.25) is 0 Å². The molecular formula is C18H18O3. The predicted molar refractivity (Wildman–Crippen MR) is 81.7 cm³/mol. The number of benzene rings is 1. The molecule has 0 saturated heterocycles. The smallest absolute Gasteiger partial charge is 0.234 e. The van der Waals surface area contributed by atoms with E-state index in [0.717, 1.165) is 41.5 Å². The van der Waals surface area contributed by atoms with Crippen LogP contribution < -0.4 is 0 Å². The number of ether oxygens (including phenoxy) is 1. The van der Waals surface area contributed by atoms with Gasteiger partial charge in [0.1, 0.15) is 5.76 Å². The standard InChI is InChI=1S/C18H18O3/c1-4-5-6-12-7-8-13-10(2)9-21-18-11(3)16(19)17(20)14(12)15(13)18/h7-9H,4-6H2,1-3H3. The Morgan fingerprint density at radius 3 is 2.52 bits per heavy atom. The van der Waals surface area contributed by atoms with Gasteiger partial charge < -0.3 is 4.74 Å². The lowest BCUT2D eigenvalue weighted by Crippen LogP contribution is -2.26. The van der Waals surface area contributed by atoms with E-state index in [-0.39, 0.29) is 0 Å². The number of hydrogen-bond acceptors (Lipinski definition) is 3. The maximum absolute atomic E-state index is 12.5. The van der Waals surface area contributed by atoms with Gasteiger partial charge in [0, 0.05) is 16.7 Å². The van der Waals surface area contributed by atoms with Crippen molar-refractivity contribution in [3.63, 3.8) is 0 Å². The molecule has 1 aliphatic heterocycles. The van der Waals surface area contributed by atoms with Crippen molar-refractivity contribution in [3.8, 4) is 0 Å². The molecule has 0 bridgehead atoms. The number of allylic oxidation sites excluding steroid dienone is 2. The van der Waals surface area contributed by atoms with Crippen molar-refractivity contribution < 1.29 is 14.3 Å². The fourth-order valence-corrected chi connectivity index (χ4v) is 2.98. The van der Waals surface area contributed by atoms with Gasteiger partial charge in [-0.3, -0.25) is 9.59 Å². The lowest BCUT2D eigenvalue weighted by molar-refractivity contribution is -0.111. The average molecular weight is 282 g/mol. The van der Waals surface area contributed by atoms with Crippen LogP contribution in [-0.2, 0) is 16.0 Å². The molecule has 0 radical (unpaired) electrons.